The van der Waals surface area contributed by atoms with Crippen LogP contribution in [0.4, 0.5) is 0 Å². The number of hydrazone groups is 1. The molecule has 0 spiro atoms. The third-order valence-electron chi connectivity index (χ3n) is 4.30. The molecule has 2 aliphatic rings. The van der Waals surface area contributed by atoms with Gasteiger partial charge >= 0.3 is 0 Å². The Morgan fingerprint density at radius 1 is 1.38 bits per heavy atom. The van der Waals surface area contributed by atoms with Crippen molar-refractivity contribution in [2.24, 2.45) is 18.1 Å². The normalized spacial score (nSPS) is 20.2. The van der Waals surface area contributed by atoms with E-state index in [9.17, 15) is 4.79 Å². The molecular weight excluding hydrogens is 262 g/mol. The second-order valence-electron chi connectivity index (χ2n) is 5.94. The molecule has 0 saturated heterocycles. The Labute approximate surface area is 123 Å². The summed E-state index contributed by atoms with van der Waals surface area (Å²) in [7, 11) is 2.04. The molecule has 0 radical (unpaired) electrons. The summed E-state index contributed by atoms with van der Waals surface area (Å²) in [4.78, 5) is 12.0. The lowest BCUT2D eigenvalue weighted by Crippen LogP contribution is -2.13. The van der Waals surface area contributed by atoms with Crippen molar-refractivity contribution in [2.45, 2.75) is 19.8 Å². The Kier molecular flexibility index (Phi) is 2.55. The van der Waals surface area contributed by atoms with Crippen LogP contribution in [0.5, 0.6) is 0 Å². The summed E-state index contributed by atoms with van der Waals surface area (Å²) in [5.41, 5.74) is 7.80. The molecule has 0 atom stereocenters. The summed E-state index contributed by atoms with van der Waals surface area (Å²) in [6.45, 7) is 2.11. The van der Waals surface area contributed by atoms with Crippen LogP contribution in [0, 0.1) is 12.8 Å². The molecule has 1 aromatic heterocycles. The molecule has 4 rings (SSSR count). The minimum Gasteiger partial charge on any atom is -0.350 e. The zero-order valence-corrected chi connectivity index (χ0v) is 12.2. The van der Waals surface area contributed by atoms with E-state index in [1.807, 2.05) is 13.1 Å². The first-order valence-corrected chi connectivity index (χ1v) is 7.30. The van der Waals surface area contributed by atoms with Crippen LogP contribution in [0.3, 0.4) is 0 Å². The highest BCUT2D eigenvalue weighted by Crippen LogP contribution is 2.36. The number of aryl methyl sites for hydroxylation is 2. The first kappa shape index (κ1) is 12.4. The second kappa shape index (κ2) is 4.32. The number of fused-ring (bicyclic) bond motifs is 1. The fourth-order valence-electron chi connectivity index (χ4n) is 3.13. The highest BCUT2D eigenvalue weighted by molar-refractivity contribution is 6.29. The quantitative estimate of drug-likeness (QED) is 0.844. The third-order valence-corrected chi connectivity index (χ3v) is 4.30. The van der Waals surface area contributed by atoms with E-state index in [0.29, 0.717) is 5.92 Å². The van der Waals surface area contributed by atoms with Gasteiger partial charge in [-0.25, -0.2) is 5.43 Å². The van der Waals surface area contributed by atoms with Gasteiger partial charge in [0.1, 0.15) is 0 Å². The highest BCUT2D eigenvalue weighted by atomic mass is 16.2. The van der Waals surface area contributed by atoms with Gasteiger partial charge in [0.05, 0.1) is 16.8 Å². The van der Waals surface area contributed by atoms with Crippen molar-refractivity contribution in [3.8, 4) is 0 Å². The number of carbonyl (C=O) groups is 1. The van der Waals surface area contributed by atoms with E-state index in [0.717, 1.165) is 29.7 Å². The highest BCUT2D eigenvalue weighted by Gasteiger charge is 2.35. The van der Waals surface area contributed by atoms with Gasteiger partial charge in [0, 0.05) is 30.1 Å². The molecule has 1 N–H and O–H groups in total. The zero-order chi connectivity index (χ0) is 14.6. The number of benzene rings is 1. The van der Waals surface area contributed by atoms with Crippen molar-refractivity contribution >= 4 is 28.6 Å². The topological polar surface area (TPSA) is 46.4 Å². The molecule has 1 aliphatic carbocycles. The number of rotatable bonds is 2. The Bertz CT molecular complexity index is 822. The van der Waals surface area contributed by atoms with E-state index in [2.05, 4.69) is 46.4 Å². The largest absolute Gasteiger partial charge is 0.350 e. The Morgan fingerprint density at radius 3 is 2.95 bits per heavy atom. The second-order valence-corrected chi connectivity index (χ2v) is 5.94. The molecule has 106 valence electrons. The van der Waals surface area contributed by atoms with E-state index < -0.39 is 0 Å². The summed E-state index contributed by atoms with van der Waals surface area (Å²) in [6.07, 6.45) is 6.35. The molecule has 4 heteroatoms. The number of carbonyl (C=O) groups excluding carboxylic acids is 1. The third kappa shape index (κ3) is 1.90. The molecule has 1 saturated carbocycles. The Morgan fingerprint density at radius 2 is 2.19 bits per heavy atom. The fraction of sp³-hybridized carbons (Fsp3) is 0.294. The van der Waals surface area contributed by atoms with Crippen molar-refractivity contribution in [3.05, 3.63) is 41.1 Å². The average Bonchev–Trinajstić information content (AvgIpc) is 3.16. The van der Waals surface area contributed by atoms with Crippen molar-refractivity contribution in [2.75, 3.05) is 0 Å². The maximum atomic E-state index is 12.0. The monoisotopic (exact) mass is 279 g/mol. The number of nitrogens with zero attached hydrogens (tertiary/aromatic N) is 2. The lowest BCUT2D eigenvalue weighted by Gasteiger charge is -2.00. The summed E-state index contributed by atoms with van der Waals surface area (Å²) >= 11 is 0. The van der Waals surface area contributed by atoms with Gasteiger partial charge in [-0.1, -0.05) is 18.2 Å². The first-order chi connectivity index (χ1) is 10.1. The number of amides is 1. The standard InChI is InChI=1S/C17H17N3O/c1-10-4-3-5-13-12(9-20(2)16(10)13)8-14-15(11-6-7-11)18-19-17(14)21/h3-5,8-9,11H,6-7H2,1-2H3,(H,19,21)/b14-8-. The summed E-state index contributed by atoms with van der Waals surface area (Å²) in [5.74, 6) is 0.383. The van der Waals surface area contributed by atoms with Crippen LogP contribution >= 0.6 is 0 Å². The summed E-state index contributed by atoms with van der Waals surface area (Å²) < 4.78 is 2.12. The molecule has 4 nitrogen and oxygen atoms in total. The number of para-hydroxylation sites is 1. The zero-order valence-electron chi connectivity index (χ0n) is 12.2. The minimum atomic E-state index is -0.0819. The van der Waals surface area contributed by atoms with Gasteiger partial charge in [-0.2, -0.15) is 5.10 Å². The first-order valence-electron chi connectivity index (χ1n) is 7.30. The number of nitrogens with one attached hydrogen (secondary N) is 1. The molecule has 2 heterocycles. The van der Waals surface area contributed by atoms with Crippen LogP contribution < -0.4 is 5.43 Å². The van der Waals surface area contributed by atoms with Gasteiger partial charge < -0.3 is 4.57 Å². The lowest BCUT2D eigenvalue weighted by molar-refractivity contribution is -0.116. The molecule has 0 bridgehead atoms. The molecule has 1 aromatic carbocycles. The van der Waals surface area contributed by atoms with Crippen molar-refractivity contribution in [3.63, 3.8) is 0 Å². The van der Waals surface area contributed by atoms with Crippen LogP contribution in [-0.2, 0) is 11.8 Å². The van der Waals surface area contributed by atoms with Gasteiger partial charge in [-0.15, -0.1) is 0 Å². The van der Waals surface area contributed by atoms with Gasteiger partial charge in [-0.3, -0.25) is 4.79 Å². The smallest absolute Gasteiger partial charge is 0.273 e. The van der Waals surface area contributed by atoms with Crippen LogP contribution in [0.1, 0.15) is 24.0 Å². The molecule has 1 amide bonds. The van der Waals surface area contributed by atoms with Gasteiger partial charge in [-0.05, 0) is 31.4 Å². The van der Waals surface area contributed by atoms with Crippen LogP contribution in [-0.4, -0.2) is 16.2 Å². The average molecular weight is 279 g/mol. The minimum absolute atomic E-state index is 0.0819. The SMILES string of the molecule is Cc1cccc2c(/C=C3\C(=O)NN=C3C3CC3)cn(C)c12. The fourth-order valence-corrected chi connectivity index (χ4v) is 3.13. The van der Waals surface area contributed by atoms with E-state index in [4.69, 9.17) is 0 Å². The van der Waals surface area contributed by atoms with E-state index >= 15 is 0 Å². The van der Waals surface area contributed by atoms with Gasteiger partial charge in [0.2, 0.25) is 0 Å². The van der Waals surface area contributed by atoms with Gasteiger partial charge in [0.25, 0.3) is 5.91 Å². The summed E-state index contributed by atoms with van der Waals surface area (Å²) in [5, 5.41) is 5.38. The number of aromatic nitrogens is 1. The molecule has 21 heavy (non-hydrogen) atoms. The van der Waals surface area contributed by atoms with Crippen LogP contribution in [0.25, 0.3) is 17.0 Å². The Hall–Kier alpha value is -2.36. The maximum absolute atomic E-state index is 12.0. The van der Waals surface area contributed by atoms with Crippen molar-refractivity contribution in [1.29, 1.82) is 0 Å². The Balaban J connectivity index is 1.87. The molecule has 1 aliphatic heterocycles. The van der Waals surface area contributed by atoms with E-state index in [1.54, 1.807) is 0 Å². The van der Waals surface area contributed by atoms with Crippen molar-refractivity contribution in [1.82, 2.24) is 9.99 Å². The van der Waals surface area contributed by atoms with E-state index in [1.165, 1.54) is 16.5 Å². The molecule has 2 aromatic rings. The predicted octanol–water partition coefficient (Wildman–Crippen LogP) is 2.77. The van der Waals surface area contributed by atoms with Crippen molar-refractivity contribution < 1.29 is 4.79 Å². The van der Waals surface area contributed by atoms with E-state index in [-0.39, 0.29) is 5.91 Å². The van der Waals surface area contributed by atoms with Crippen LogP contribution in [0.2, 0.25) is 0 Å². The maximum Gasteiger partial charge on any atom is 0.273 e. The lowest BCUT2D eigenvalue weighted by atomic mass is 10.0. The summed E-state index contributed by atoms with van der Waals surface area (Å²) in [6, 6.07) is 6.28. The molecule has 0 unspecified atom stereocenters. The number of hydrogen-bond acceptors (Lipinski definition) is 2. The molecular formula is C17H17N3O. The molecule has 1 fully saturated rings. The predicted molar refractivity (Wildman–Crippen MR) is 83.9 cm³/mol. The number of hydrogen-bond donors (Lipinski definition) is 1. The van der Waals surface area contributed by atoms with Gasteiger partial charge in [0.15, 0.2) is 0 Å². The van der Waals surface area contributed by atoms with Crippen LogP contribution in [0.15, 0.2) is 35.1 Å².